The number of thiazole rings is 1. The van der Waals surface area contributed by atoms with Crippen molar-refractivity contribution < 1.29 is 4.39 Å². The molecule has 1 aromatic rings. The predicted molar refractivity (Wildman–Crippen MR) is 45.2 cm³/mol. The molecule has 0 unspecified atom stereocenters. The van der Waals surface area contributed by atoms with Gasteiger partial charge in [0.15, 0.2) is 0 Å². The Bertz CT molecular complexity index is 236. The maximum Gasteiger partial charge on any atom is 0.269 e. The Kier molecular flexibility index (Phi) is 2.28. The van der Waals surface area contributed by atoms with Crippen molar-refractivity contribution in [2.45, 2.75) is 27.2 Å². The van der Waals surface area contributed by atoms with E-state index in [0.717, 1.165) is 22.6 Å². The van der Waals surface area contributed by atoms with Crippen LogP contribution >= 0.6 is 11.3 Å². The van der Waals surface area contributed by atoms with Crippen LogP contribution in [0, 0.1) is 10.7 Å². The third kappa shape index (κ3) is 2.97. The van der Waals surface area contributed by atoms with Gasteiger partial charge in [0.05, 0.1) is 0 Å². The van der Waals surface area contributed by atoms with Crippen molar-refractivity contribution in [2.75, 3.05) is 0 Å². The van der Waals surface area contributed by atoms with Gasteiger partial charge in [0, 0.05) is 11.1 Å². The Labute approximate surface area is 70.3 Å². The highest BCUT2D eigenvalue weighted by Crippen LogP contribution is 2.23. The molecule has 0 bridgehead atoms. The van der Waals surface area contributed by atoms with Crippen LogP contribution in [-0.2, 0) is 6.42 Å². The van der Waals surface area contributed by atoms with Crippen LogP contribution in [0.3, 0.4) is 0 Å². The van der Waals surface area contributed by atoms with E-state index in [9.17, 15) is 4.39 Å². The van der Waals surface area contributed by atoms with E-state index in [1.165, 1.54) is 0 Å². The highest BCUT2D eigenvalue weighted by molar-refractivity contribution is 7.09. The Hall–Kier alpha value is -0.440. The van der Waals surface area contributed by atoms with Crippen molar-refractivity contribution in [3.8, 4) is 0 Å². The number of aromatic nitrogens is 1. The van der Waals surface area contributed by atoms with Crippen LogP contribution in [0.15, 0.2) is 6.20 Å². The molecule has 1 nitrogen and oxygen atoms in total. The third-order valence-electron chi connectivity index (χ3n) is 1.23. The first-order valence-corrected chi connectivity index (χ1v) is 4.39. The fraction of sp³-hybridized carbons (Fsp3) is 0.625. The van der Waals surface area contributed by atoms with E-state index in [0.29, 0.717) is 0 Å². The zero-order valence-electron chi connectivity index (χ0n) is 7.02. The zero-order chi connectivity index (χ0) is 8.48. The summed E-state index contributed by atoms with van der Waals surface area (Å²) >= 11 is 1.14. The predicted octanol–water partition coefficient (Wildman–Crippen LogP) is 2.87. The summed E-state index contributed by atoms with van der Waals surface area (Å²) in [4.78, 5) is 4.58. The fourth-order valence-corrected chi connectivity index (χ4v) is 1.82. The Balaban J connectivity index is 2.65. The lowest BCUT2D eigenvalue weighted by Gasteiger charge is -2.15. The maximum absolute atomic E-state index is 12.4. The SMILES string of the molecule is CC(C)(C)Cc1cnc(F)s1. The number of nitrogens with zero attached hydrogens (tertiary/aromatic N) is 1. The molecule has 0 fully saturated rings. The van der Waals surface area contributed by atoms with Gasteiger partial charge >= 0.3 is 0 Å². The van der Waals surface area contributed by atoms with Crippen molar-refractivity contribution in [2.24, 2.45) is 5.41 Å². The molecule has 0 saturated carbocycles. The molecule has 0 spiro atoms. The van der Waals surface area contributed by atoms with E-state index >= 15 is 0 Å². The Morgan fingerprint density at radius 2 is 2.18 bits per heavy atom. The minimum atomic E-state index is -0.329. The van der Waals surface area contributed by atoms with Crippen LogP contribution in [0.2, 0.25) is 0 Å². The average molecular weight is 173 g/mol. The van der Waals surface area contributed by atoms with Crippen molar-refractivity contribution in [3.05, 3.63) is 16.3 Å². The molecule has 1 rings (SSSR count). The molecular formula is C8H12FNS. The molecule has 0 aromatic carbocycles. The first-order valence-electron chi connectivity index (χ1n) is 3.57. The number of hydrogen-bond acceptors (Lipinski definition) is 2. The summed E-state index contributed by atoms with van der Waals surface area (Å²) in [7, 11) is 0. The monoisotopic (exact) mass is 173 g/mol. The van der Waals surface area contributed by atoms with E-state index in [4.69, 9.17) is 0 Å². The Morgan fingerprint density at radius 3 is 2.55 bits per heavy atom. The van der Waals surface area contributed by atoms with Crippen molar-refractivity contribution in [3.63, 3.8) is 0 Å². The summed E-state index contributed by atoms with van der Waals surface area (Å²) < 4.78 is 12.4. The molecule has 3 heteroatoms. The van der Waals surface area contributed by atoms with Crippen LogP contribution in [0.5, 0.6) is 0 Å². The molecule has 0 aliphatic heterocycles. The summed E-state index contributed by atoms with van der Waals surface area (Å²) in [5, 5.41) is -0.329. The van der Waals surface area contributed by atoms with Crippen LogP contribution in [0.25, 0.3) is 0 Å². The van der Waals surface area contributed by atoms with Gasteiger partial charge in [-0.15, -0.1) is 0 Å². The Morgan fingerprint density at radius 1 is 1.55 bits per heavy atom. The van der Waals surface area contributed by atoms with Gasteiger partial charge < -0.3 is 0 Å². The lowest BCUT2D eigenvalue weighted by atomic mass is 9.92. The topological polar surface area (TPSA) is 12.9 Å². The second-order valence-electron chi connectivity index (χ2n) is 3.82. The average Bonchev–Trinajstić information content (AvgIpc) is 2.10. The summed E-state index contributed by atoms with van der Waals surface area (Å²) in [5.74, 6) is 0. The standard InChI is InChI=1S/C8H12FNS/c1-8(2,3)4-6-5-10-7(9)11-6/h5H,4H2,1-3H3. The van der Waals surface area contributed by atoms with Crippen molar-refractivity contribution >= 4 is 11.3 Å². The van der Waals surface area contributed by atoms with Crippen molar-refractivity contribution in [1.29, 1.82) is 0 Å². The summed E-state index contributed by atoms with van der Waals surface area (Å²) in [5.41, 5.74) is 0.221. The van der Waals surface area contributed by atoms with E-state index in [2.05, 4.69) is 25.8 Å². The summed E-state index contributed by atoms with van der Waals surface area (Å²) in [6, 6.07) is 0. The second kappa shape index (κ2) is 2.89. The first-order chi connectivity index (χ1) is 4.97. The minimum Gasteiger partial charge on any atom is -0.218 e. The fourth-order valence-electron chi connectivity index (χ4n) is 0.888. The van der Waals surface area contributed by atoms with Crippen LogP contribution in [0.4, 0.5) is 4.39 Å². The van der Waals surface area contributed by atoms with Gasteiger partial charge in [0.2, 0.25) is 0 Å². The lowest BCUT2D eigenvalue weighted by Crippen LogP contribution is -2.07. The lowest BCUT2D eigenvalue weighted by molar-refractivity contribution is 0.414. The molecule has 0 saturated heterocycles. The molecule has 11 heavy (non-hydrogen) atoms. The van der Waals surface area contributed by atoms with E-state index in [1.807, 2.05) is 0 Å². The number of halogens is 1. The number of rotatable bonds is 1. The van der Waals surface area contributed by atoms with Gasteiger partial charge in [-0.1, -0.05) is 32.1 Å². The minimum absolute atomic E-state index is 0.221. The van der Waals surface area contributed by atoms with E-state index in [1.54, 1.807) is 6.20 Å². The highest BCUT2D eigenvalue weighted by Gasteiger charge is 2.13. The smallest absolute Gasteiger partial charge is 0.218 e. The van der Waals surface area contributed by atoms with E-state index < -0.39 is 0 Å². The molecule has 62 valence electrons. The number of hydrogen-bond donors (Lipinski definition) is 0. The van der Waals surface area contributed by atoms with Gasteiger partial charge in [0.25, 0.3) is 5.26 Å². The molecule has 0 amide bonds. The summed E-state index contributed by atoms with van der Waals surface area (Å²) in [6.45, 7) is 6.39. The molecule has 0 atom stereocenters. The molecule has 0 N–H and O–H groups in total. The summed E-state index contributed by atoms with van der Waals surface area (Å²) in [6.07, 6.45) is 2.51. The second-order valence-corrected chi connectivity index (χ2v) is 4.88. The van der Waals surface area contributed by atoms with Gasteiger partial charge in [-0.25, -0.2) is 4.98 Å². The van der Waals surface area contributed by atoms with Crippen LogP contribution in [-0.4, -0.2) is 4.98 Å². The van der Waals surface area contributed by atoms with Gasteiger partial charge in [-0.05, 0) is 11.8 Å². The first kappa shape index (κ1) is 8.65. The van der Waals surface area contributed by atoms with Crippen LogP contribution < -0.4 is 0 Å². The maximum atomic E-state index is 12.4. The molecule has 0 radical (unpaired) electrons. The molecule has 1 aromatic heterocycles. The zero-order valence-corrected chi connectivity index (χ0v) is 7.83. The third-order valence-corrected chi connectivity index (χ3v) is 2.02. The van der Waals surface area contributed by atoms with Gasteiger partial charge in [0.1, 0.15) is 0 Å². The highest BCUT2D eigenvalue weighted by atomic mass is 32.1. The molecule has 0 aliphatic carbocycles. The molecular weight excluding hydrogens is 161 g/mol. The van der Waals surface area contributed by atoms with Gasteiger partial charge in [-0.2, -0.15) is 4.39 Å². The normalized spacial score (nSPS) is 12.0. The van der Waals surface area contributed by atoms with Gasteiger partial charge in [-0.3, -0.25) is 0 Å². The van der Waals surface area contributed by atoms with Crippen LogP contribution in [0.1, 0.15) is 25.6 Å². The largest absolute Gasteiger partial charge is 0.269 e. The molecule has 1 heterocycles. The van der Waals surface area contributed by atoms with Crippen molar-refractivity contribution in [1.82, 2.24) is 4.98 Å². The van der Waals surface area contributed by atoms with E-state index in [-0.39, 0.29) is 10.7 Å². The molecule has 0 aliphatic rings. The quantitative estimate of drug-likeness (QED) is 0.636.